The van der Waals surface area contributed by atoms with E-state index in [1.807, 2.05) is 0 Å². The Morgan fingerprint density at radius 1 is 0.500 bits per heavy atom. The number of hydrogen-bond acceptors (Lipinski definition) is 5. The number of carbonyl (C=O) groups is 1. The largest absolute Gasteiger partial charge is 0.387 e. The minimum atomic E-state index is -4.46. The number of aliphatic hydroxyl groups excluding tert-OH is 2. The molecular weight excluding hydrogens is 695 g/mol. The zero-order valence-electron chi connectivity index (χ0n) is 35.0. The Balaban J connectivity index is 4.08. The van der Waals surface area contributed by atoms with Crippen molar-refractivity contribution in [3.63, 3.8) is 0 Å². The Bertz CT molecular complexity index is 1050. The molecule has 0 aromatic heterocycles. The maximum Gasteiger partial charge on any atom is 0.267 e. The molecule has 316 valence electrons. The van der Waals surface area contributed by atoms with Gasteiger partial charge >= 0.3 is 0 Å². The van der Waals surface area contributed by atoms with Crippen molar-refractivity contribution in [2.75, 3.05) is 5.75 Å². The Hall–Kier alpha value is -1.74. The summed E-state index contributed by atoms with van der Waals surface area (Å²) in [5, 5.41) is 23.4. The lowest BCUT2D eigenvalue weighted by Gasteiger charge is -2.22. The van der Waals surface area contributed by atoms with E-state index in [2.05, 4.69) is 55.6 Å². The quantitative estimate of drug-likeness (QED) is 0.0279. The van der Waals surface area contributed by atoms with Gasteiger partial charge in [-0.15, -0.1) is 0 Å². The second-order valence-electron chi connectivity index (χ2n) is 15.4. The van der Waals surface area contributed by atoms with Crippen molar-refractivity contribution >= 4 is 16.0 Å². The Morgan fingerprint density at radius 2 is 0.833 bits per heavy atom. The average molecular weight is 780 g/mol. The molecule has 0 aromatic carbocycles. The molecule has 0 rings (SSSR count). The summed E-state index contributed by atoms with van der Waals surface area (Å²) in [6.07, 6.45) is 50.2. The molecule has 0 saturated heterocycles. The molecule has 7 nitrogen and oxygen atoms in total. The van der Waals surface area contributed by atoms with Crippen LogP contribution in [0.25, 0.3) is 0 Å². The van der Waals surface area contributed by atoms with Crippen molar-refractivity contribution in [2.24, 2.45) is 0 Å². The lowest BCUT2D eigenvalue weighted by Crippen LogP contribution is -2.50. The predicted molar refractivity (Wildman–Crippen MR) is 231 cm³/mol. The summed E-state index contributed by atoms with van der Waals surface area (Å²) in [5.41, 5.74) is 0. The fourth-order valence-corrected chi connectivity index (χ4v) is 7.33. The van der Waals surface area contributed by atoms with Crippen molar-refractivity contribution in [1.29, 1.82) is 0 Å². The number of hydrogen-bond donors (Lipinski definition) is 4. The van der Waals surface area contributed by atoms with E-state index in [-0.39, 0.29) is 6.42 Å². The molecule has 0 aliphatic rings. The van der Waals surface area contributed by atoms with Crippen LogP contribution in [0.3, 0.4) is 0 Å². The highest BCUT2D eigenvalue weighted by Gasteiger charge is 2.27. The monoisotopic (exact) mass is 780 g/mol. The van der Waals surface area contributed by atoms with Gasteiger partial charge in [-0.2, -0.15) is 8.42 Å². The van der Waals surface area contributed by atoms with Crippen molar-refractivity contribution < 1.29 is 28.0 Å². The molecule has 0 saturated carbocycles. The third-order valence-corrected chi connectivity index (χ3v) is 10.8. The van der Waals surface area contributed by atoms with Crippen LogP contribution in [-0.2, 0) is 14.9 Å². The van der Waals surface area contributed by atoms with Crippen LogP contribution in [0, 0.1) is 0 Å². The highest BCUT2D eigenvalue weighted by atomic mass is 32.2. The second kappa shape index (κ2) is 39.5. The van der Waals surface area contributed by atoms with Crippen LogP contribution in [-0.4, -0.2) is 53.1 Å². The molecule has 3 unspecified atom stereocenters. The molecule has 1 amide bonds. The van der Waals surface area contributed by atoms with Gasteiger partial charge in [0.05, 0.1) is 17.9 Å². The van der Waals surface area contributed by atoms with E-state index in [9.17, 15) is 28.0 Å². The summed E-state index contributed by atoms with van der Waals surface area (Å²) in [7, 11) is -4.46. The maximum absolute atomic E-state index is 12.6. The highest BCUT2D eigenvalue weighted by molar-refractivity contribution is 7.85. The van der Waals surface area contributed by atoms with Gasteiger partial charge in [0.15, 0.2) is 0 Å². The van der Waals surface area contributed by atoms with Crippen LogP contribution in [0.5, 0.6) is 0 Å². The summed E-state index contributed by atoms with van der Waals surface area (Å²) in [4.78, 5) is 12.6. The number of allylic oxidation sites excluding steroid dienone is 7. The van der Waals surface area contributed by atoms with Crippen molar-refractivity contribution in [2.45, 2.75) is 231 Å². The van der Waals surface area contributed by atoms with E-state index < -0.39 is 40.0 Å². The Morgan fingerprint density at radius 3 is 1.22 bits per heavy atom. The van der Waals surface area contributed by atoms with Crippen LogP contribution >= 0.6 is 0 Å². The first-order valence-corrected chi connectivity index (χ1v) is 24.1. The van der Waals surface area contributed by atoms with Gasteiger partial charge in [0.2, 0.25) is 5.91 Å². The van der Waals surface area contributed by atoms with Gasteiger partial charge in [-0.1, -0.05) is 191 Å². The zero-order valence-corrected chi connectivity index (χ0v) is 35.8. The molecule has 0 aromatic rings. The Labute approximate surface area is 333 Å². The molecule has 0 radical (unpaired) electrons. The van der Waals surface area contributed by atoms with Gasteiger partial charge in [-0.05, 0) is 70.6 Å². The average Bonchev–Trinajstić information content (AvgIpc) is 3.14. The fraction of sp³-hybridized carbons (Fsp3) is 0.804. The molecule has 4 N–H and O–H groups in total. The topological polar surface area (TPSA) is 124 Å². The maximum atomic E-state index is 12.6. The van der Waals surface area contributed by atoms with Crippen LogP contribution < -0.4 is 5.32 Å². The summed E-state index contributed by atoms with van der Waals surface area (Å²) in [5.74, 6) is -1.57. The van der Waals surface area contributed by atoms with Crippen LogP contribution in [0.4, 0.5) is 0 Å². The number of carbonyl (C=O) groups excluding carboxylic acids is 1. The SMILES string of the molecule is CCCCCCCCCC/C=C\CCCCCCCCC(O)C(=O)NC(CS(=O)(=O)O)C(O)/C=C/CC/C=C/CC/C=C/CCCCCCCCCCC. The molecule has 0 heterocycles. The molecule has 3 atom stereocenters. The van der Waals surface area contributed by atoms with Crippen molar-refractivity contribution in [1.82, 2.24) is 5.32 Å². The van der Waals surface area contributed by atoms with Gasteiger partial charge in [0.25, 0.3) is 10.1 Å². The Kier molecular flexibility index (Phi) is 38.2. The third-order valence-electron chi connectivity index (χ3n) is 10.1. The molecule has 54 heavy (non-hydrogen) atoms. The first kappa shape index (κ1) is 52.3. The van der Waals surface area contributed by atoms with E-state index in [0.29, 0.717) is 12.8 Å². The van der Waals surface area contributed by atoms with E-state index in [4.69, 9.17) is 0 Å². The zero-order chi connectivity index (χ0) is 39.8. The summed E-state index contributed by atoms with van der Waals surface area (Å²) in [6.45, 7) is 4.52. The van der Waals surface area contributed by atoms with Gasteiger partial charge in [0.1, 0.15) is 6.10 Å². The molecule has 0 fully saturated rings. The minimum Gasteiger partial charge on any atom is -0.387 e. The fourth-order valence-electron chi connectivity index (χ4n) is 6.60. The first-order valence-electron chi connectivity index (χ1n) is 22.4. The standard InChI is InChI=1S/C46H85NO6S/c1-3-5-7-9-11-13-15-17-19-21-23-25-26-28-30-32-34-36-38-40-44(48)43(42-54(51,52)53)47-46(50)45(49)41-39-37-35-33-31-29-27-24-22-20-18-16-14-12-10-8-6-4-2/h22-25,30,32,38,40,43-45,48-49H,3-21,26-29,31,33-37,39,41-42H2,1-2H3,(H,47,50)(H,51,52,53)/b24-22-,25-23+,32-30+,40-38+. The minimum absolute atomic E-state index is 0.263. The van der Waals surface area contributed by atoms with Crippen LogP contribution in [0.15, 0.2) is 48.6 Å². The highest BCUT2D eigenvalue weighted by Crippen LogP contribution is 2.14. The molecule has 0 bridgehead atoms. The van der Waals surface area contributed by atoms with Crippen LogP contribution in [0.2, 0.25) is 0 Å². The molecular formula is C46H85NO6S. The van der Waals surface area contributed by atoms with Gasteiger partial charge in [-0.25, -0.2) is 0 Å². The number of unbranched alkanes of at least 4 members (excludes halogenated alkanes) is 25. The number of rotatable bonds is 40. The molecule has 0 aliphatic carbocycles. The smallest absolute Gasteiger partial charge is 0.267 e. The normalized spacial score (nSPS) is 14.2. The lowest BCUT2D eigenvalue weighted by molar-refractivity contribution is -0.130. The third kappa shape index (κ3) is 38.5. The lowest BCUT2D eigenvalue weighted by atomic mass is 10.0. The first-order chi connectivity index (χ1) is 26.2. The molecule has 8 heteroatoms. The van der Waals surface area contributed by atoms with Gasteiger partial charge in [0, 0.05) is 0 Å². The molecule has 0 aliphatic heterocycles. The summed E-state index contributed by atoms with van der Waals surface area (Å²) >= 11 is 0. The van der Waals surface area contributed by atoms with Crippen molar-refractivity contribution in [3.8, 4) is 0 Å². The number of aliphatic hydroxyl groups is 2. The van der Waals surface area contributed by atoms with E-state index in [0.717, 1.165) is 51.4 Å². The number of nitrogens with one attached hydrogen (secondary N) is 1. The van der Waals surface area contributed by atoms with Gasteiger partial charge < -0.3 is 15.5 Å². The van der Waals surface area contributed by atoms with E-state index in [1.54, 1.807) is 6.08 Å². The summed E-state index contributed by atoms with van der Waals surface area (Å²) < 4.78 is 32.6. The van der Waals surface area contributed by atoms with Crippen LogP contribution in [0.1, 0.15) is 213 Å². The molecule has 0 spiro atoms. The van der Waals surface area contributed by atoms with Crippen molar-refractivity contribution in [3.05, 3.63) is 48.6 Å². The summed E-state index contributed by atoms with van der Waals surface area (Å²) in [6, 6.07) is -1.26. The van der Waals surface area contributed by atoms with E-state index >= 15 is 0 Å². The predicted octanol–water partition coefficient (Wildman–Crippen LogP) is 12.4. The van der Waals surface area contributed by atoms with Gasteiger partial charge in [-0.3, -0.25) is 9.35 Å². The second-order valence-corrected chi connectivity index (χ2v) is 16.9. The van der Waals surface area contributed by atoms with E-state index in [1.165, 1.54) is 134 Å². The number of amides is 1.